The molecule has 3 nitrogen and oxygen atoms in total. The van der Waals surface area contributed by atoms with Gasteiger partial charge in [-0.2, -0.15) is 0 Å². The van der Waals surface area contributed by atoms with E-state index in [1.165, 1.54) is 48.8 Å². The molecule has 0 aromatic heterocycles. The van der Waals surface area contributed by atoms with Crippen molar-refractivity contribution < 1.29 is 0 Å². The van der Waals surface area contributed by atoms with Crippen molar-refractivity contribution in [1.82, 2.24) is 5.32 Å². The fourth-order valence-electron chi connectivity index (χ4n) is 3.03. The Morgan fingerprint density at radius 1 is 1.19 bits per heavy atom. The van der Waals surface area contributed by atoms with E-state index in [0.29, 0.717) is 12.0 Å². The first-order valence-electron chi connectivity index (χ1n) is 7.78. The highest BCUT2D eigenvalue weighted by atomic mass is 127. The third-order valence-corrected chi connectivity index (χ3v) is 4.25. The molecule has 0 bridgehead atoms. The highest BCUT2D eigenvalue weighted by Gasteiger charge is 2.13. The molecule has 0 aliphatic heterocycles. The fraction of sp³-hybridized carbons (Fsp3) is 0.588. The summed E-state index contributed by atoms with van der Waals surface area (Å²) in [5.74, 6) is 0.614. The number of rotatable bonds is 4. The minimum absolute atomic E-state index is 0. The largest absolute Gasteiger partial charge is 0.370 e. The van der Waals surface area contributed by atoms with Gasteiger partial charge in [-0.15, -0.1) is 24.0 Å². The van der Waals surface area contributed by atoms with Gasteiger partial charge < -0.3 is 11.1 Å². The lowest BCUT2D eigenvalue weighted by Crippen LogP contribution is -2.41. The summed E-state index contributed by atoms with van der Waals surface area (Å²) < 4.78 is 0. The first-order chi connectivity index (χ1) is 9.66. The molecule has 21 heavy (non-hydrogen) atoms. The van der Waals surface area contributed by atoms with E-state index >= 15 is 0 Å². The van der Waals surface area contributed by atoms with E-state index in [-0.39, 0.29) is 24.0 Å². The Morgan fingerprint density at radius 2 is 1.81 bits per heavy atom. The van der Waals surface area contributed by atoms with Crippen LogP contribution in [0.1, 0.15) is 48.8 Å². The van der Waals surface area contributed by atoms with Crippen LogP contribution in [0.25, 0.3) is 0 Å². The normalized spacial score (nSPS) is 16.4. The average molecular weight is 401 g/mol. The molecule has 3 N–H and O–H groups in total. The Balaban J connectivity index is 0.00000220. The van der Waals surface area contributed by atoms with Crippen molar-refractivity contribution in [2.45, 2.75) is 58.4 Å². The number of nitrogens with two attached hydrogens (primary N) is 1. The zero-order valence-corrected chi connectivity index (χ0v) is 15.5. The predicted octanol–water partition coefficient (Wildman–Crippen LogP) is 3.70. The standard InChI is InChI=1S/C17H27N3.HI/c1-13-7-6-8-14(2)16(13)11-12-19-17(18)20-15-9-4-3-5-10-15;/h6-8,15H,3-5,9-12H2,1-2H3,(H3,18,19,20);1H. The van der Waals surface area contributed by atoms with Crippen molar-refractivity contribution in [2.75, 3.05) is 6.54 Å². The highest BCUT2D eigenvalue weighted by Crippen LogP contribution is 2.17. The molecule has 0 atom stereocenters. The number of hydrogen-bond acceptors (Lipinski definition) is 1. The summed E-state index contributed by atoms with van der Waals surface area (Å²) in [6.45, 7) is 5.09. The SMILES string of the molecule is Cc1cccc(C)c1CCN=C(N)NC1CCCCC1.I. The van der Waals surface area contributed by atoms with Crippen LogP contribution < -0.4 is 11.1 Å². The van der Waals surface area contributed by atoms with Crippen LogP contribution in [0.3, 0.4) is 0 Å². The Bertz CT molecular complexity index is 445. The molecule has 1 aromatic carbocycles. The number of hydrogen-bond donors (Lipinski definition) is 2. The Hall–Kier alpha value is -0.780. The minimum atomic E-state index is 0. The molecule has 2 rings (SSSR count). The van der Waals surface area contributed by atoms with E-state index in [1.807, 2.05) is 0 Å². The van der Waals surface area contributed by atoms with Gasteiger partial charge in [0, 0.05) is 12.6 Å². The van der Waals surface area contributed by atoms with Crippen LogP contribution in [0.4, 0.5) is 0 Å². The van der Waals surface area contributed by atoms with Gasteiger partial charge in [-0.1, -0.05) is 37.5 Å². The zero-order valence-electron chi connectivity index (χ0n) is 13.2. The maximum absolute atomic E-state index is 5.98. The van der Waals surface area contributed by atoms with Crippen molar-refractivity contribution >= 4 is 29.9 Å². The van der Waals surface area contributed by atoms with E-state index in [1.54, 1.807) is 0 Å². The van der Waals surface area contributed by atoms with E-state index in [0.717, 1.165) is 13.0 Å². The van der Waals surface area contributed by atoms with Crippen LogP contribution in [0.2, 0.25) is 0 Å². The Morgan fingerprint density at radius 3 is 2.43 bits per heavy atom. The summed E-state index contributed by atoms with van der Waals surface area (Å²) in [6, 6.07) is 6.97. The second-order valence-electron chi connectivity index (χ2n) is 5.87. The molecule has 118 valence electrons. The summed E-state index contributed by atoms with van der Waals surface area (Å²) in [6.07, 6.45) is 7.41. The molecule has 0 amide bonds. The first-order valence-corrected chi connectivity index (χ1v) is 7.78. The summed E-state index contributed by atoms with van der Waals surface area (Å²) >= 11 is 0. The molecule has 1 fully saturated rings. The number of benzene rings is 1. The number of aryl methyl sites for hydroxylation is 2. The lowest BCUT2D eigenvalue weighted by Gasteiger charge is -2.23. The number of aliphatic imine (C=N–C) groups is 1. The molecule has 0 heterocycles. The van der Waals surface area contributed by atoms with Crippen LogP contribution in [0, 0.1) is 13.8 Å². The molecule has 1 aromatic rings. The molecule has 1 saturated carbocycles. The third-order valence-electron chi connectivity index (χ3n) is 4.25. The van der Waals surface area contributed by atoms with Crippen LogP contribution in [0.15, 0.2) is 23.2 Å². The van der Waals surface area contributed by atoms with Gasteiger partial charge in [-0.25, -0.2) is 0 Å². The van der Waals surface area contributed by atoms with Gasteiger partial charge in [0.1, 0.15) is 0 Å². The summed E-state index contributed by atoms with van der Waals surface area (Å²) in [5.41, 5.74) is 10.1. The highest BCUT2D eigenvalue weighted by molar-refractivity contribution is 14.0. The van der Waals surface area contributed by atoms with Gasteiger partial charge in [-0.3, -0.25) is 4.99 Å². The topological polar surface area (TPSA) is 50.4 Å². The molecular formula is C17H28IN3. The van der Waals surface area contributed by atoms with Crippen LogP contribution in [-0.4, -0.2) is 18.5 Å². The second kappa shape index (κ2) is 9.28. The zero-order chi connectivity index (χ0) is 14.4. The molecule has 0 spiro atoms. The van der Waals surface area contributed by atoms with Crippen LogP contribution in [-0.2, 0) is 6.42 Å². The molecule has 1 aliphatic carbocycles. The van der Waals surface area contributed by atoms with Crippen molar-refractivity contribution in [3.63, 3.8) is 0 Å². The summed E-state index contributed by atoms with van der Waals surface area (Å²) in [7, 11) is 0. The van der Waals surface area contributed by atoms with Crippen molar-refractivity contribution in [1.29, 1.82) is 0 Å². The molecule has 1 aliphatic rings. The fourth-order valence-corrected chi connectivity index (χ4v) is 3.03. The lowest BCUT2D eigenvalue weighted by atomic mass is 9.96. The number of nitrogens with one attached hydrogen (secondary N) is 1. The van der Waals surface area contributed by atoms with E-state index in [2.05, 4.69) is 42.4 Å². The molecule has 0 unspecified atom stereocenters. The number of guanidine groups is 1. The quantitative estimate of drug-likeness (QED) is 0.459. The monoisotopic (exact) mass is 401 g/mol. The predicted molar refractivity (Wildman–Crippen MR) is 102 cm³/mol. The summed E-state index contributed by atoms with van der Waals surface area (Å²) in [4.78, 5) is 4.48. The number of nitrogens with zero attached hydrogens (tertiary/aromatic N) is 1. The van der Waals surface area contributed by atoms with Crippen molar-refractivity contribution in [3.8, 4) is 0 Å². The van der Waals surface area contributed by atoms with E-state index in [9.17, 15) is 0 Å². The van der Waals surface area contributed by atoms with Gasteiger partial charge >= 0.3 is 0 Å². The Labute approximate surface area is 145 Å². The van der Waals surface area contributed by atoms with E-state index in [4.69, 9.17) is 5.73 Å². The maximum atomic E-state index is 5.98. The van der Waals surface area contributed by atoms with Crippen molar-refractivity contribution in [2.24, 2.45) is 10.7 Å². The van der Waals surface area contributed by atoms with Crippen LogP contribution in [0.5, 0.6) is 0 Å². The minimum Gasteiger partial charge on any atom is -0.370 e. The third kappa shape index (κ3) is 5.85. The van der Waals surface area contributed by atoms with Crippen LogP contribution >= 0.6 is 24.0 Å². The van der Waals surface area contributed by atoms with Crippen molar-refractivity contribution in [3.05, 3.63) is 34.9 Å². The van der Waals surface area contributed by atoms with Gasteiger partial charge in [0.2, 0.25) is 0 Å². The smallest absolute Gasteiger partial charge is 0.188 e. The molecule has 0 radical (unpaired) electrons. The lowest BCUT2D eigenvalue weighted by molar-refractivity contribution is 0.412. The van der Waals surface area contributed by atoms with E-state index < -0.39 is 0 Å². The van der Waals surface area contributed by atoms with Gasteiger partial charge in [-0.05, 0) is 49.8 Å². The number of halogens is 1. The first kappa shape index (κ1) is 18.3. The summed E-state index contributed by atoms with van der Waals surface area (Å²) in [5, 5.41) is 3.36. The molecule has 4 heteroatoms. The maximum Gasteiger partial charge on any atom is 0.188 e. The molecular weight excluding hydrogens is 373 g/mol. The average Bonchev–Trinajstić information content (AvgIpc) is 2.43. The van der Waals surface area contributed by atoms with Gasteiger partial charge in [0.05, 0.1) is 0 Å². The van der Waals surface area contributed by atoms with Gasteiger partial charge in [0.15, 0.2) is 5.96 Å². The molecule has 0 saturated heterocycles. The van der Waals surface area contributed by atoms with Gasteiger partial charge in [0.25, 0.3) is 0 Å². The Kier molecular flexibility index (Phi) is 8.07. The second-order valence-corrected chi connectivity index (χ2v) is 5.87.